The highest BCUT2D eigenvalue weighted by Gasteiger charge is 2.13. The summed E-state index contributed by atoms with van der Waals surface area (Å²) in [5, 5.41) is 7.38. The highest BCUT2D eigenvalue weighted by Crippen LogP contribution is 2.24. The Bertz CT molecular complexity index is 891. The second kappa shape index (κ2) is 7.55. The lowest BCUT2D eigenvalue weighted by Gasteiger charge is -2.04. The second-order valence-electron chi connectivity index (χ2n) is 5.13. The van der Waals surface area contributed by atoms with E-state index < -0.39 is 0 Å². The van der Waals surface area contributed by atoms with Gasteiger partial charge in [-0.2, -0.15) is 4.98 Å². The van der Waals surface area contributed by atoms with E-state index in [1.54, 1.807) is 31.4 Å². The maximum atomic E-state index is 12.1. The van der Waals surface area contributed by atoms with Crippen LogP contribution in [0.3, 0.4) is 0 Å². The van der Waals surface area contributed by atoms with E-state index in [4.69, 9.17) is 32.5 Å². The summed E-state index contributed by atoms with van der Waals surface area (Å²) in [6.45, 7) is 0. The fourth-order valence-corrected chi connectivity index (χ4v) is 2.70. The number of aromatic nitrogens is 2. The average Bonchev–Trinajstić information content (AvgIpc) is 3.02. The number of nitrogens with one attached hydrogen (secondary N) is 1. The van der Waals surface area contributed by atoms with Crippen LogP contribution in [0.2, 0.25) is 10.0 Å². The summed E-state index contributed by atoms with van der Waals surface area (Å²) < 4.78 is 10.4. The number of methoxy groups -OCH3 is 1. The second-order valence-corrected chi connectivity index (χ2v) is 6.00. The van der Waals surface area contributed by atoms with Gasteiger partial charge in [-0.15, -0.1) is 0 Å². The third-order valence-electron chi connectivity index (χ3n) is 3.25. The summed E-state index contributed by atoms with van der Waals surface area (Å²) in [5.74, 6) is 0.945. The maximum Gasteiger partial charge on any atom is 0.258 e. The highest BCUT2D eigenvalue weighted by molar-refractivity contribution is 6.35. The summed E-state index contributed by atoms with van der Waals surface area (Å²) in [6, 6.07) is 12.0. The molecule has 25 heavy (non-hydrogen) atoms. The first-order valence-electron chi connectivity index (χ1n) is 7.26. The zero-order valence-corrected chi connectivity index (χ0v) is 14.6. The Morgan fingerprint density at radius 1 is 1.20 bits per heavy atom. The summed E-state index contributed by atoms with van der Waals surface area (Å²) in [4.78, 5) is 16.3. The quantitative estimate of drug-likeness (QED) is 0.719. The molecule has 1 amide bonds. The molecule has 0 saturated heterocycles. The number of carbonyl (C=O) groups is 1. The summed E-state index contributed by atoms with van der Waals surface area (Å²) in [7, 11) is 1.57. The Morgan fingerprint density at radius 2 is 1.96 bits per heavy atom. The molecule has 0 bridgehead atoms. The van der Waals surface area contributed by atoms with Crippen molar-refractivity contribution in [3.8, 4) is 17.2 Å². The number of ether oxygens (including phenoxy) is 1. The van der Waals surface area contributed by atoms with Crippen molar-refractivity contribution in [3.63, 3.8) is 0 Å². The molecule has 0 radical (unpaired) electrons. The number of hydrogen-bond acceptors (Lipinski definition) is 5. The van der Waals surface area contributed by atoms with Crippen LogP contribution in [0.25, 0.3) is 11.5 Å². The highest BCUT2D eigenvalue weighted by atomic mass is 35.5. The van der Waals surface area contributed by atoms with Crippen LogP contribution in [0.15, 0.2) is 47.0 Å². The van der Waals surface area contributed by atoms with E-state index in [1.165, 1.54) is 0 Å². The molecule has 128 valence electrons. The molecule has 0 aliphatic rings. The standard InChI is InChI=1S/C17H13Cl2N3O3/c1-24-14-4-2-3-10(5-14)17-21-15(22-25-17)9-16(23)20-13-7-11(18)6-12(19)8-13/h2-8H,9H2,1H3,(H,20,23). The maximum absolute atomic E-state index is 12.1. The molecule has 0 unspecified atom stereocenters. The van der Waals surface area contributed by atoms with Crippen LogP contribution < -0.4 is 10.1 Å². The predicted molar refractivity (Wildman–Crippen MR) is 95.1 cm³/mol. The molecule has 0 fully saturated rings. The van der Waals surface area contributed by atoms with Gasteiger partial charge in [0.25, 0.3) is 5.89 Å². The zero-order chi connectivity index (χ0) is 17.8. The van der Waals surface area contributed by atoms with Gasteiger partial charge in [-0.05, 0) is 36.4 Å². The minimum absolute atomic E-state index is 0.0440. The average molecular weight is 378 g/mol. The molecule has 3 aromatic rings. The number of carbonyl (C=O) groups excluding carboxylic acids is 1. The van der Waals surface area contributed by atoms with Gasteiger partial charge in [-0.1, -0.05) is 34.4 Å². The lowest BCUT2D eigenvalue weighted by molar-refractivity contribution is -0.115. The van der Waals surface area contributed by atoms with Gasteiger partial charge in [0, 0.05) is 21.3 Å². The van der Waals surface area contributed by atoms with Crippen molar-refractivity contribution in [1.82, 2.24) is 10.1 Å². The molecular weight excluding hydrogens is 365 g/mol. The van der Waals surface area contributed by atoms with Crippen LogP contribution in [0, 0.1) is 0 Å². The largest absolute Gasteiger partial charge is 0.497 e. The van der Waals surface area contributed by atoms with Gasteiger partial charge in [0.05, 0.1) is 13.5 Å². The molecule has 6 nitrogen and oxygen atoms in total. The molecule has 2 aromatic carbocycles. The monoisotopic (exact) mass is 377 g/mol. The van der Waals surface area contributed by atoms with E-state index in [9.17, 15) is 4.79 Å². The van der Waals surface area contributed by atoms with Gasteiger partial charge in [-0.3, -0.25) is 4.79 Å². The van der Waals surface area contributed by atoms with E-state index in [0.717, 1.165) is 0 Å². The molecule has 1 aromatic heterocycles. The number of anilines is 1. The normalized spacial score (nSPS) is 10.5. The van der Waals surface area contributed by atoms with E-state index >= 15 is 0 Å². The van der Waals surface area contributed by atoms with Gasteiger partial charge in [0.1, 0.15) is 5.75 Å². The summed E-state index contributed by atoms with van der Waals surface area (Å²) >= 11 is 11.8. The number of amides is 1. The fraction of sp³-hybridized carbons (Fsp3) is 0.118. The van der Waals surface area contributed by atoms with Crippen molar-refractivity contribution in [2.45, 2.75) is 6.42 Å². The number of nitrogens with zero attached hydrogens (tertiary/aromatic N) is 2. The molecule has 0 saturated carbocycles. The van der Waals surface area contributed by atoms with Crippen molar-refractivity contribution >= 4 is 34.8 Å². The smallest absolute Gasteiger partial charge is 0.258 e. The first kappa shape index (κ1) is 17.3. The predicted octanol–water partition coefficient (Wildman–Crippen LogP) is 4.23. The van der Waals surface area contributed by atoms with E-state index in [1.807, 2.05) is 18.2 Å². The molecular formula is C17H13Cl2N3O3. The minimum atomic E-state index is -0.309. The van der Waals surface area contributed by atoms with Crippen molar-refractivity contribution in [2.24, 2.45) is 0 Å². The molecule has 0 spiro atoms. The van der Waals surface area contributed by atoms with Gasteiger partial charge >= 0.3 is 0 Å². The first-order valence-corrected chi connectivity index (χ1v) is 8.02. The Morgan fingerprint density at radius 3 is 2.68 bits per heavy atom. The third kappa shape index (κ3) is 4.49. The van der Waals surface area contributed by atoms with Crippen LogP contribution in [-0.4, -0.2) is 23.2 Å². The lowest BCUT2D eigenvalue weighted by Crippen LogP contribution is -2.15. The molecule has 3 rings (SSSR count). The van der Waals surface area contributed by atoms with Crippen molar-refractivity contribution < 1.29 is 14.1 Å². The van der Waals surface area contributed by atoms with Crippen LogP contribution in [0.5, 0.6) is 5.75 Å². The lowest BCUT2D eigenvalue weighted by atomic mass is 10.2. The summed E-state index contributed by atoms with van der Waals surface area (Å²) in [6.07, 6.45) is -0.0440. The number of hydrogen-bond donors (Lipinski definition) is 1. The van der Waals surface area contributed by atoms with Crippen molar-refractivity contribution in [2.75, 3.05) is 12.4 Å². The molecule has 1 heterocycles. The fourth-order valence-electron chi connectivity index (χ4n) is 2.17. The van der Waals surface area contributed by atoms with Crippen LogP contribution in [-0.2, 0) is 11.2 Å². The molecule has 0 aliphatic heterocycles. The van der Waals surface area contributed by atoms with Gasteiger partial charge in [0.2, 0.25) is 5.91 Å². The van der Waals surface area contributed by atoms with Gasteiger partial charge < -0.3 is 14.6 Å². The van der Waals surface area contributed by atoms with Gasteiger partial charge in [-0.25, -0.2) is 0 Å². The zero-order valence-electron chi connectivity index (χ0n) is 13.1. The first-order chi connectivity index (χ1) is 12.0. The van der Waals surface area contributed by atoms with Crippen LogP contribution >= 0.6 is 23.2 Å². The molecule has 0 aliphatic carbocycles. The van der Waals surface area contributed by atoms with E-state index in [2.05, 4.69) is 15.5 Å². The third-order valence-corrected chi connectivity index (χ3v) is 3.69. The van der Waals surface area contributed by atoms with E-state index in [-0.39, 0.29) is 18.2 Å². The number of benzene rings is 2. The number of rotatable bonds is 5. The topological polar surface area (TPSA) is 77.2 Å². The SMILES string of the molecule is COc1cccc(-c2nc(CC(=O)Nc3cc(Cl)cc(Cl)c3)no2)c1. The van der Waals surface area contributed by atoms with E-state index in [0.29, 0.717) is 32.9 Å². The summed E-state index contributed by atoms with van der Waals surface area (Å²) in [5.41, 5.74) is 1.21. The van der Waals surface area contributed by atoms with Crippen LogP contribution in [0.1, 0.15) is 5.82 Å². The Kier molecular flexibility index (Phi) is 5.21. The Labute approximate surface area is 153 Å². The Balaban J connectivity index is 1.69. The minimum Gasteiger partial charge on any atom is -0.497 e. The molecule has 8 heteroatoms. The van der Waals surface area contributed by atoms with Crippen LogP contribution in [0.4, 0.5) is 5.69 Å². The molecule has 1 N–H and O–H groups in total. The van der Waals surface area contributed by atoms with Crippen molar-refractivity contribution in [1.29, 1.82) is 0 Å². The van der Waals surface area contributed by atoms with Crippen molar-refractivity contribution in [3.05, 3.63) is 58.3 Å². The van der Waals surface area contributed by atoms with Gasteiger partial charge in [0.15, 0.2) is 5.82 Å². The number of halogens is 2. The molecule has 0 atom stereocenters. The Hall–Kier alpha value is -2.57.